The van der Waals surface area contributed by atoms with Crippen LogP contribution < -0.4 is 9.47 Å². The van der Waals surface area contributed by atoms with Crippen molar-refractivity contribution in [2.45, 2.75) is 12.5 Å². The number of amides is 1. The van der Waals surface area contributed by atoms with Crippen molar-refractivity contribution in [2.24, 2.45) is 0 Å². The minimum Gasteiger partial charge on any atom is -0.493 e. The minimum atomic E-state index is -0.302. The fourth-order valence-electron chi connectivity index (χ4n) is 3.84. The average Bonchev–Trinajstić information content (AvgIpc) is 2.80. The third-order valence-corrected chi connectivity index (χ3v) is 5.37. The number of nitrogens with zero attached hydrogens (tertiary/aromatic N) is 3. The van der Waals surface area contributed by atoms with Crippen LogP contribution in [0.3, 0.4) is 0 Å². The second-order valence-corrected chi connectivity index (χ2v) is 7.13. The van der Waals surface area contributed by atoms with Gasteiger partial charge in [-0.2, -0.15) is 5.26 Å². The van der Waals surface area contributed by atoms with Gasteiger partial charge in [-0.1, -0.05) is 36.4 Å². The lowest BCUT2D eigenvalue weighted by molar-refractivity contribution is 0.0606. The van der Waals surface area contributed by atoms with Gasteiger partial charge in [0.2, 0.25) is 0 Å². The fourth-order valence-corrected chi connectivity index (χ4v) is 3.84. The quantitative estimate of drug-likeness (QED) is 0.660. The Hall–Kier alpha value is -3.30. The molecule has 0 aromatic heterocycles. The zero-order chi connectivity index (χ0) is 21.5. The van der Waals surface area contributed by atoms with Crippen molar-refractivity contribution in [3.8, 4) is 17.6 Å². The van der Waals surface area contributed by atoms with Gasteiger partial charge < -0.3 is 14.4 Å². The van der Waals surface area contributed by atoms with E-state index in [4.69, 9.17) is 9.47 Å². The molecule has 1 fully saturated rings. The van der Waals surface area contributed by atoms with Crippen molar-refractivity contribution in [1.82, 2.24) is 9.80 Å². The number of methoxy groups -OCH3 is 2. The third-order valence-electron chi connectivity index (χ3n) is 5.37. The van der Waals surface area contributed by atoms with E-state index in [2.05, 4.69) is 17.5 Å². The number of benzene rings is 2. The van der Waals surface area contributed by atoms with Gasteiger partial charge in [0.05, 0.1) is 20.3 Å². The first-order valence-corrected chi connectivity index (χ1v) is 9.96. The molecule has 1 unspecified atom stereocenters. The van der Waals surface area contributed by atoms with Crippen LogP contribution in [0.1, 0.15) is 27.5 Å². The number of hydrogen-bond acceptors (Lipinski definition) is 5. The predicted molar refractivity (Wildman–Crippen MR) is 116 cm³/mol. The molecule has 1 saturated heterocycles. The number of piperazine rings is 1. The fraction of sp³-hybridized carbons (Fsp3) is 0.333. The van der Waals surface area contributed by atoms with Crippen LogP contribution in [0, 0.1) is 11.3 Å². The summed E-state index contributed by atoms with van der Waals surface area (Å²) in [6, 6.07) is 15.4. The molecule has 2 aromatic rings. The predicted octanol–water partition coefficient (Wildman–Crippen LogP) is 3.45. The first-order chi connectivity index (χ1) is 14.6. The number of nitriles is 1. The molecule has 1 amide bonds. The molecule has 156 valence electrons. The van der Waals surface area contributed by atoms with E-state index in [1.165, 1.54) is 0 Å². The maximum atomic E-state index is 13.2. The van der Waals surface area contributed by atoms with Crippen LogP contribution in [0.5, 0.6) is 11.5 Å². The monoisotopic (exact) mass is 405 g/mol. The number of allylic oxidation sites excluding steroid dienone is 1. The van der Waals surface area contributed by atoms with Gasteiger partial charge >= 0.3 is 0 Å². The normalized spacial score (nSPS) is 15.2. The zero-order valence-electron chi connectivity index (χ0n) is 17.5. The Morgan fingerprint density at radius 3 is 2.43 bits per heavy atom. The molecule has 1 aliphatic heterocycles. The van der Waals surface area contributed by atoms with Crippen molar-refractivity contribution in [2.75, 3.05) is 40.4 Å². The Morgan fingerprint density at radius 2 is 1.87 bits per heavy atom. The van der Waals surface area contributed by atoms with Crippen molar-refractivity contribution < 1.29 is 14.3 Å². The van der Waals surface area contributed by atoms with Crippen LogP contribution in [-0.2, 0) is 6.42 Å². The Kier molecular flexibility index (Phi) is 7.10. The van der Waals surface area contributed by atoms with Crippen molar-refractivity contribution >= 4 is 5.91 Å². The van der Waals surface area contributed by atoms with E-state index >= 15 is 0 Å². The second-order valence-electron chi connectivity index (χ2n) is 7.13. The first-order valence-electron chi connectivity index (χ1n) is 9.96. The highest BCUT2D eigenvalue weighted by Gasteiger charge is 2.28. The molecule has 6 nitrogen and oxygen atoms in total. The van der Waals surface area contributed by atoms with Gasteiger partial charge in [0, 0.05) is 37.3 Å². The van der Waals surface area contributed by atoms with Gasteiger partial charge in [-0.25, -0.2) is 0 Å². The topological polar surface area (TPSA) is 65.8 Å². The Morgan fingerprint density at radius 1 is 1.17 bits per heavy atom. The van der Waals surface area contributed by atoms with Crippen LogP contribution in [0.4, 0.5) is 0 Å². The molecule has 1 aliphatic rings. The maximum Gasteiger partial charge on any atom is 0.254 e. The van der Waals surface area contributed by atoms with Gasteiger partial charge in [-0.05, 0) is 24.1 Å². The molecule has 3 rings (SSSR count). The summed E-state index contributed by atoms with van der Waals surface area (Å²) in [6.45, 7) is 6.20. The average molecular weight is 405 g/mol. The van der Waals surface area contributed by atoms with Crippen LogP contribution in [0.25, 0.3) is 0 Å². The summed E-state index contributed by atoms with van der Waals surface area (Å²) in [7, 11) is 3.15. The molecular formula is C24H27N3O3. The van der Waals surface area contributed by atoms with Crippen LogP contribution in [-0.4, -0.2) is 56.1 Å². The molecule has 1 heterocycles. The van der Waals surface area contributed by atoms with E-state index in [1.54, 1.807) is 26.4 Å². The van der Waals surface area contributed by atoms with Crippen LogP contribution >= 0.6 is 0 Å². The smallest absolute Gasteiger partial charge is 0.254 e. The van der Waals surface area contributed by atoms with Crippen molar-refractivity contribution in [1.29, 1.82) is 5.26 Å². The highest BCUT2D eigenvalue weighted by molar-refractivity contribution is 5.95. The van der Waals surface area contributed by atoms with E-state index in [9.17, 15) is 10.1 Å². The van der Waals surface area contributed by atoms with Crippen LogP contribution in [0.15, 0.2) is 55.1 Å². The third kappa shape index (κ3) is 4.47. The minimum absolute atomic E-state index is 0.0471. The van der Waals surface area contributed by atoms with Gasteiger partial charge in [-0.3, -0.25) is 9.69 Å². The van der Waals surface area contributed by atoms with Crippen molar-refractivity contribution in [3.05, 3.63) is 71.8 Å². The first kappa shape index (κ1) is 21.4. The molecule has 0 bridgehead atoms. The lowest BCUT2D eigenvalue weighted by atomic mass is 10.0. The highest BCUT2D eigenvalue weighted by atomic mass is 16.5. The largest absolute Gasteiger partial charge is 0.493 e. The Labute approximate surface area is 177 Å². The lowest BCUT2D eigenvalue weighted by Crippen LogP contribution is -2.49. The summed E-state index contributed by atoms with van der Waals surface area (Å²) in [5.41, 5.74) is 2.41. The van der Waals surface area contributed by atoms with Crippen LogP contribution in [0.2, 0.25) is 0 Å². The van der Waals surface area contributed by atoms with Crippen molar-refractivity contribution in [3.63, 3.8) is 0 Å². The molecule has 6 heteroatoms. The summed E-state index contributed by atoms with van der Waals surface area (Å²) in [6.07, 6.45) is 2.35. The molecule has 0 radical (unpaired) electrons. The van der Waals surface area contributed by atoms with Gasteiger partial charge in [0.25, 0.3) is 5.91 Å². The molecule has 0 spiro atoms. The second kappa shape index (κ2) is 9.95. The van der Waals surface area contributed by atoms with E-state index in [1.807, 2.05) is 41.3 Å². The Bertz CT molecular complexity index is 929. The molecule has 0 N–H and O–H groups in total. The SMILES string of the molecule is C=CCc1cc(C(=O)N2CCN(C(C#N)c3ccccc3)CC2)cc(OC)c1OC. The van der Waals surface area contributed by atoms with Gasteiger partial charge in [0.1, 0.15) is 6.04 Å². The molecule has 2 aromatic carbocycles. The zero-order valence-corrected chi connectivity index (χ0v) is 17.5. The molecule has 0 saturated carbocycles. The summed E-state index contributed by atoms with van der Waals surface area (Å²) in [4.78, 5) is 17.1. The van der Waals surface area contributed by atoms with E-state index in [0.29, 0.717) is 49.7 Å². The highest BCUT2D eigenvalue weighted by Crippen LogP contribution is 2.34. The number of rotatable bonds is 7. The number of hydrogen-bond donors (Lipinski definition) is 0. The summed E-state index contributed by atoms with van der Waals surface area (Å²) in [5, 5.41) is 9.67. The Balaban J connectivity index is 1.74. The number of ether oxygens (including phenoxy) is 2. The van der Waals surface area contributed by atoms with Gasteiger partial charge in [-0.15, -0.1) is 6.58 Å². The summed E-state index contributed by atoms with van der Waals surface area (Å²) < 4.78 is 10.9. The molecule has 0 aliphatic carbocycles. The standard InChI is InChI=1S/C24H27N3O3/c1-4-8-19-15-20(16-22(29-2)23(19)30-3)24(28)27-13-11-26(12-14-27)21(17-25)18-9-6-5-7-10-18/h4-7,9-10,15-16,21H,1,8,11-14H2,2-3H3. The summed E-state index contributed by atoms with van der Waals surface area (Å²) >= 11 is 0. The maximum absolute atomic E-state index is 13.2. The molecule has 30 heavy (non-hydrogen) atoms. The lowest BCUT2D eigenvalue weighted by Gasteiger charge is -2.37. The van der Waals surface area contributed by atoms with E-state index in [0.717, 1.165) is 11.1 Å². The van der Waals surface area contributed by atoms with E-state index in [-0.39, 0.29) is 11.9 Å². The number of carbonyl (C=O) groups is 1. The van der Waals surface area contributed by atoms with Gasteiger partial charge in [0.15, 0.2) is 11.5 Å². The number of carbonyl (C=O) groups excluding carboxylic acids is 1. The molecular weight excluding hydrogens is 378 g/mol. The van der Waals surface area contributed by atoms with E-state index < -0.39 is 0 Å². The molecule has 1 atom stereocenters. The summed E-state index contributed by atoms with van der Waals surface area (Å²) in [5.74, 6) is 1.11.